The Morgan fingerprint density at radius 1 is 1.47 bits per heavy atom. The van der Waals surface area contributed by atoms with Crippen molar-refractivity contribution in [3.05, 3.63) is 29.8 Å². The molecule has 0 aliphatic rings. The minimum absolute atomic E-state index is 0.00943. The quantitative estimate of drug-likeness (QED) is 0.761. The summed E-state index contributed by atoms with van der Waals surface area (Å²) in [5.74, 6) is 0.381. The average molecular weight is 238 g/mol. The first-order valence-electron chi connectivity index (χ1n) is 5.53. The Hall–Kier alpha value is -1.55. The van der Waals surface area contributed by atoms with E-state index in [4.69, 9.17) is 9.47 Å². The van der Waals surface area contributed by atoms with Crippen molar-refractivity contribution in [3.63, 3.8) is 0 Å². The van der Waals surface area contributed by atoms with E-state index >= 15 is 0 Å². The summed E-state index contributed by atoms with van der Waals surface area (Å²) in [5, 5.41) is 9.20. The number of hydrogen-bond donors (Lipinski definition) is 1. The van der Waals surface area contributed by atoms with E-state index in [1.54, 1.807) is 7.11 Å². The van der Waals surface area contributed by atoms with Crippen LogP contribution in [0.1, 0.15) is 12.5 Å². The molecule has 1 atom stereocenters. The second-order valence-corrected chi connectivity index (χ2v) is 3.91. The van der Waals surface area contributed by atoms with Gasteiger partial charge >= 0.3 is 5.97 Å². The standard InChI is InChI=1S/C13H18O4/c1-10(15)17-9-12(8-14)6-11-4-3-5-13(7-11)16-2/h3-5,7,12,14H,6,8-9H2,1-2H3/t12-/m0/s1. The minimum Gasteiger partial charge on any atom is -0.497 e. The summed E-state index contributed by atoms with van der Waals surface area (Å²) in [6.07, 6.45) is 0.654. The molecule has 4 nitrogen and oxygen atoms in total. The third kappa shape index (κ3) is 4.87. The predicted octanol–water partition coefficient (Wildman–Crippen LogP) is 1.41. The Morgan fingerprint density at radius 2 is 2.24 bits per heavy atom. The predicted molar refractivity (Wildman–Crippen MR) is 63.9 cm³/mol. The van der Waals surface area contributed by atoms with Crippen molar-refractivity contribution in [2.45, 2.75) is 13.3 Å². The first-order chi connectivity index (χ1) is 8.15. The molecule has 94 valence electrons. The molecule has 0 saturated carbocycles. The molecule has 17 heavy (non-hydrogen) atoms. The van der Waals surface area contributed by atoms with E-state index in [0.717, 1.165) is 11.3 Å². The minimum atomic E-state index is -0.325. The number of benzene rings is 1. The molecule has 0 amide bonds. The monoisotopic (exact) mass is 238 g/mol. The van der Waals surface area contributed by atoms with E-state index in [1.807, 2.05) is 24.3 Å². The summed E-state index contributed by atoms with van der Waals surface area (Å²) in [5.41, 5.74) is 1.05. The molecule has 0 aliphatic heterocycles. The molecule has 0 saturated heterocycles. The second kappa shape index (κ2) is 6.91. The van der Waals surface area contributed by atoms with E-state index in [9.17, 15) is 9.90 Å². The van der Waals surface area contributed by atoms with Crippen LogP contribution in [0.5, 0.6) is 5.75 Å². The number of aliphatic hydroxyl groups excluding tert-OH is 1. The van der Waals surface area contributed by atoms with Gasteiger partial charge in [-0.05, 0) is 24.1 Å². The Labute approximate surface area is 101 Å². The van der Waals surface area contributed by atoms with Gasteiger partial charge < -0.3 is 14.6 Å². The van der Waals surface area contributed by atoms with Gasteiger partial charge in [0.05, 0.1) is 13.7 Å². The van der Waals surface area contributed by atoms with Crippen molar-refractivity contribution in [3.8, 4) is 5.75 Å². The highest BCUT2D eigenvalue weighted by atomic mass is 16.5. The number of carbonyl (C=O) groups is 1. The number of carbonyl (C=O) groups excluding carboxylic acids is 1. The van der Waals surface area contributed by atoms with Gasteiger partial charge in [0.25, 0.3) is 0 Å². The average Bonchev–Trinajstić information content (AvgIpc) is 2.34. The van der Waals surface area contributed by atoms with Crippen molar-refractivity contribution in [2.24, 2.45) is 5.92 Å². The largest absolute Gasteiger partial charge is 0.497 e. The first kappa shape index (κ1) is 13.5. The Bertz CT molecular complexity index is 362. The molecule has 1 aromatic carbocycles. The summed E-state index contributed by atoms with van der Waals surface area (Å²) in [6.45, 7) is 1.59. The first-order valence-corrected chi connectivity index (χ1v) is 5.53. The summed E-state index contributed by atoms with van der Waals surface area (Å²) >= 11 is 0. The molecule has 0 spiro atoms. The Kier molecular flexibility index (Phi) is 5.49. The summed E-state index contributed by atoms with van der Waals surface area (Å²) < 4.78 is 10.0. The molecule has 0 bridgehead atoms. The molecular weight excluding hydrogens is 220 g/mol. The van der Waals surface area contributed by atoms with Gasteiger partial charge in [-0.15, -0.1) is 0 Å². The number of methoxy groups -OCH3 is 1. The molecule has 0 fully saturated rings. The zero-order valence-corrected chi connectivity index (χ0v) is 10.2. The van der Waals surface area contributed by atoms with Crippen molar-refractivity contribution in [1.82, 2.24) is 0 Å². The van der Waals surface area contributed by atoms with Gasteiger partial charge in [-0.1, -0.05) is 12.1 Å². The van der Waals surface area contributed by atoms with Gasteiger partial charge in [-0.3, -0.25) is 4.79 Å². The highest BCUT2D eigenvalue weighted by Crippen LogP contribution is 2.16. The van der Waals surface area contributed by atoms with Crippen LogP contribution >= 0.6 is 0 Å². The highest BCUT2D eigenvalue weighted by molar-refractivity contribution is 5.65. The number of aliphatic hydroxyl groups is 1. The second-order valence-electron chi connectivity index (χ2n) is 3.91. The Morgan fingerprint density at radius 3 is 2.82 bits per heavy atom. The lowest BCUT2D eigenvalue weighted by Crippen LogP contribution is -2.18. The maximum atomic E-state index is 10.7. The SMILES string of the molecule is COc1cccc(C[C@@H](CO)COC(C)=O)c1. The highest BCUT2D eigenvalue weighted by Gasteiger charge is 2.11. The zero-order chi connectivity index (χ0) is 12.7. The number of ether oxygens (including phenoxy) is 2. The van der Waals surface area contributed by atoms with Gasteiger partial charge in [0.1, 0.15) is 5.75 Å². The third-order valence-electron chi connectivity index (χ3n) is 2.44. The molecule has 1 aromatic rings. The van der Waals surface area contributed by atoms with Crippen molar-refractivity contribution < 1.29 is 19.4 Å². The molecule has 0 heterocycles. The molecule has 0 unspecified atom stereocenters. The third-order valence-corrected chi connectivity index (χ3v) is 2.44. The van der Waals surface area contributed by atoms with Crippen LogP contribution in [0.25, 0.3) is 0 Å². The summed E-state index contributed by atoms with van der Waals surface area (Å²) in [6, 6.07) is 7.63. The van der Waals surface area contributed by atoms with Crippen molar-refractivity contribution in [2.75, 3.05) is 20.3 Å². The van der Waals surface area contributed by atoms with E-state index in [0.29, 0.717) is 6.42 Å². The van der Waals surface area contributed by atoms with Crippen LogP contribution in [0.15, 0.2) is 24.3 Å². The molecule has 1 rings (SSSR count). The van der Waals surface area contributed by atoms with Gasteiger partial charge in [-0.25, -0.2) is 0 Å². The maximum Gasteiger partial charge on any atom is 0.302 e. The van der Waals surface area contributed by atoms with E-state index in [2.05, 4.69) is 0 Å². The molecule has 4 heteroatoms. The van der Waals surface area contributed by atoms with E-state index in [1.165, 1.54) is 6.92 Å². The summed E-state index contributed by atoms with van der Waals surface area (Å²) in [4.78, 5) is 10.7. The fourth-order valence-electron chi connectivity index (χ4n) is 1.54. The summed E-state index contributed by atoms with van der Waals surface area (Å²) in [7, 11) is 1.61. The van der Waals surface area contributed by atoms with Crippen LogP contribution < -0.4 is 4.74 Å². The molecular formula is C13H18O4. The lowest BCUT2D eigenvalue weighted by Gasteiger charge is -2.14. The lowest BCUT2D eigenvalue weighted by atomic mass is 10.0. The van der Waals surface area contributed by atoms with Gasteiger partial charge in [0, 0.05) is 19.4 Å². The normalized spacial score (nSPS) is 11.9. The number of hydrogen-bond acceptors (Lipinski definition) is 4. The number of rotatable bonds is 6. The maximum absolute atomic E-state index is 10.7. The van der Waals surface area contributed by atoms with Crippen LogP contribution in [-0.4, -0.2) is 31.4 Å². The molecule has 1 N–H and O–H groups in total. The van der Waals surface area contributed by atoms with E-state index in [-0.39, 0.29) is 25.1 Å². The molecule has 0 aliphatic carbocycles. The van der Waals surface area contributed by atoms with Gasteiger partial charge in [0.2, 0.25) is 0 Å². The van der Waals surface area contributed by atoms with Crippen LogP contribution in [0.4, 0.5) is 0 Å². The Balaban J connectivity index is 2.56. The van der Waals surface area contributed by atoms with Gasteiger partial charge in [-0.2, -0.15) is 0 Å². The van der Waals surface area contributed by atoms with Crippen LogP contribution in [-0.2, 0) is 16.0 Å². The fraction of sp³-hybridized carbons (Fsp3) is 0.462. The topological polar surface area (TPSA) is 55.8 Å². The number of esters is 1. The fourth-order valence-corrected chi connectivity index (χ4v) is 1.54. The molecule has 0 aromatic heterocycles. The smallest absolute Gasteiger partial charge is 0.302 e. The van der Waals surface area contributed by atoms with Crippen LogP contribution in [0, 0.1) is 5.92 Å². The zero-order valence-electron chi connectivity index (χ0n) is 10.2. The van der Waals surface area contributed by atoms with E-state index < -0.39 is 0 Å². The lowest BCUT2D eigenvalue weighted by molar-refractivity contribution is -0.142. The van der Waals surface area contributed by atoms with Crippen molar-refractivity contribution in [1.29, 1.82) is 0 Å². The van der Waals surface area contributed by atoms with Crippen LogP contribution in [0.3, 0.4) is 0 Å². The molecule has 0 radical (unpaired) electrons. The van der Waals surface area contributed by atoms with Crippen LogP contribution in [0.2, 0.25) is 0 Å². The van der Waals surface area contributed by atoms with Gasteiger partial charge in [0.15, 0.2) is 0 Å². The van der Waals surface area contributed by atoms with Crippen molar-refractivity contribution >= 4 is 5.97 Å².